The van der Waals surface area contributed by atoms with Gasteiger partial charge in [-0.2, -0.15) is 0 Å². The Morgan fingerprint density at radius 1 is 0.255 bits per heavy atom. The van der Waals surface area contributed by atoms with Crippen molar-refractivity contribution in [2.24, 2.45) is 11.8 Å². The van der Waals surface area contributed by atoms with Gasteiger partial charge in [-0.3, -0.25) is 37.3 Å². The van der Waals surface area contributed by atoms with Gasteiger partial charge >= 0.3 is 39.5 Å². The monoisotopic (exact) mass is 1610 g/mol. The highest BCUT2D eigenvalue weighted by molar-refractivity contribution is 7.47. The van der Waals surface area contributed by atoms with Crippen molar-refractivity contribution in [2.75, 3.05) is 39.6 Å². The van der Waals surface area contributed by atoms with Gasteiger partial charge in [0, 0.05) is 25.7 Å². The van der Waals surface area contributed by atoms with E-state index in [9.17, 15) is 43.2 Å². The summed E-state index contributed by atoms with van der Waals surface area (Å²) in [6, 6.07) is 0. The normalized spacial score (nSPS) is 14.2. The summed E-state index contributed by atoms with van der Waals surface area (Å²) in [5.74, 6) is -0.349. The summed E-state index contributed by atoms with van der Waals surface area (Å²) in [6.07, 6.45) is 76.3. The third-order valence-corrected chi connectivity index (χ3v) is 24.1. The van der Waals surface area contributed by atoms with E-state index < -0.39 is 97.5 Å². The second kappa shape index (κ2) is 82.2. The van der Waals surface area contributed by atoms with Gasteiger partial charge in [-0.05, 0) is 37.5 Å². The molecular formula is C91H178O17P2. The fraction of sp³-hybridized carbons (Fsp3) is 0.956. The molecule has 0 aliphatic carbocycles. The van der Waals surface area contributed by atoms with Crippen LogP contribution in [-0.2, 0) is 65.4 Å². The van der Waals surface area contributed by atoms with Crippen LogP contribution in [0.5, 0.6) is 0 Å². The number of hydrogen-bond donors (Lipinski definition) is 3. The van der Waals surface area contributed by atoms with Crippen molar-refractivity contribution in [3.63, 3.8) is 0 Å². The average Bonchev–Trinajstić information content (AvgIpc) is 0.899. The number of unbranched alkanes of at least 4 members (excludes halogenated alkanes) is 58. The van der Waals surface area contributed by atoms with Crippen molar-refractivity contribution in [1.82, 2.24) is 0 Å². The lowest BCUT2D eigenvalue weighted by molar-refractivity contribution is -0.161. The Labute approximate surface area is 677 Å². The number of aliphatic hydroxyl groups is 1. The molecule has 0 saturated heterocycles. The number of esters is 4. The minimum Gasteiger partial charge on any atom is -0.462 e. The van der Waals surface area contributed by atoms with Crippen molar-refractivity contribution in [1.29, 1.82) is 0 Å². The van der Waals surface area contributed by atoms with Crippen LogP contribution in [0.2, 0.25) is 0 Å². The molecule has 17 nitrogen and oxygen atoms in total. The summed E-state index contributed by atoms with van der Waals surface area (Å²) in [7, 11) is -9.93. The van der Waals surface area contributed by atoms with Crippen LogP contribution in [0.15, 0.2) is 0 Å². The van der Waals surface area contributed by atoms with E-state index in [1.165, 1.54) is 308 Å². The van der Waals surface area contributed by atoms with Crippen LogP contribution in [0.25, 0.3) is 0 Å². The molecule has 0 aromatic heterocycles. The molecule has 0 aromatic rings. The van der Waals surface area contributed by atoms with Crippen molar-refractivity contribution < 1.29 is 80.2 Å². The minimum atomic E-state index is -4.97. The second-order valence-electron chi connectivity index (χ2n) is 33.2. The SMILES string of the molecule is CCCCCCCCCCCCCCCCC(=O)O[C@H](COC(=O)CCCCCCCCCCCCCC)COP(=O)(O)OC[C@H](O)COP(=O)(O)OC[C@@H](COC(=O)CCCCCCCCCCCCCCCCCCCCC(C)CC)OC(=O)CCCCCCCCCCCCCCCCCCCCC(C)CC. The zero-order valence-corrected chi connectivity index (χ0v) is 74.4. The zero-order valence-electron chi connectivity index (χ0n) is 72.6. The molecule has 0 aromatic carbocycles. The number of rotatable bonds is 90. The van der Waals surface area contributed by atoms with Crippen LogP contribution in [0.4, 0.5) is 0 Å². The third kappa shape index (κ3) is 81.2. The van der Waals surface area contributed by atoms with E-state index in [1.54, 1.807) is 0 Å². The topological polar surface area (TPSA) is 237 Å². The highest BCUT2D eigenvalue weighted by Crippen LogP contribution is 2.45. The number of hydrogen-bond acceptors (Lipinski definition) is 15. The summed E-state index contributed by atoms with van der Waals surface area (Å²) in [5.41, 5.74) is 0. The predicted molar refractivity (Wildman–Crippen MR) is 455 cm³/mol. The number of carbonyl (C=O) groups excluding carboxylic acids is 4. The fourth-order valence-electron chi connectivity index (χ4n) is 14.2. The third-order valence-electron chi connectivity index (χ3n) is 22.2. The van der Waals surface area contributed by atoms with Gasteiger partial charge in [0.25, 0.3) is 0 Å². The molecule has 0 spiro atoms. The molecule has 0 radical (unpaired) electrons. The van der Waals surface area contributed by atoms with Crippen LogP contribution >= 0.6 is 15.6 Å². The van der Waals surface area contributed by atoms with Gasteiger partial charge in [0.15, 0.2) is 12.2 Å². The van der Waals surface area contributed by atoms with Crippen LogP contribution < -0.4 is 0 Å². The zero-order chi connectivity index (χ0) is 80.6. The Kier molecular flexibility index (Phi) is 80.7. The first-order valence-electron chi connectivity index (χ1n) is 47.1. The largest absolute Gasteiger partial charge is 0.472 e. The summed E-state index contributed by atoms with van der Waals surface area (Å²) < 4.78 is 69.0. The molecule has 3 N–H and O–H groups in total. The van der Waals surface area contributed by atoms with E-state index in [0.717, 1.165) is 102 Å². The van der Waals surface area contributed by atoms with E-state index in [2.05, 4.69) is 41.5 Å². The maximum Gasteiger partial charge on any atom is 0.472 e. The lowest BCUT2D eigenvalue weighted by atomic mass is 9.99. The van der Waals surface area contributed by atoms with Crippen molar-refractivity contribution in [3.05, 3.63) is 0 Å². The van der Waals surface area contributed by atoms with E-state index >= 15 is 0 Å². The smallest absolute Gasteiger partial charge is 0.462 e. The van der Waals surface area contributed by atoms with Crippen LogP contribution in [-0.4, -0.2) is 96.7 Å². The van der Waals surface area contributed by atoms with E-state index in [1.807, 2.05) is 0 Å². The van der Waals surface area contributed by atoms with Gasteiger partial charge < -0.3 is 33.8 Å². The molecule has 19 heteroatoms. The van der Waals surface area contributed by atoms with Gasteiger partial charge in [-0.15, -0.1) is 0 Å². The minimum absolute atomic E-state index is 0.109. The highest BCUT2D eigenvalue weighted by atomic mass is 31.2. The summed E-state index contributed by atoms with van der Waals surface area (Å²) >= 11 is 0. The Hall–Kier alpha value is -1.94. The molecule has 0 fully saturated rings. The first-order valence-corrected chi connectivity index (χ1v) is 50.1. The molecule has 654 valence electrons. The quantitative estimate of drug-likeness (QED) is 0.0222. The lowest BCUT2D eigenvalue weighted by Crippen LogP contribution is -2.30. The Morgan fingerprint density at radius 2 is 0.436 bits per heavy atom. The van der Waals surface area contributed by atoms with Gasteiger partial charge in [-0.1, -0.05) is 440 Å². The van der Waals surface area contributed by atoms with Gasteiger partial charge in [0.05, 0.1) is 26.4 Å². The van der Waals surface area contributed by atoms with E-state index in [4.69, 9.17) is 37.0 Å². The highest BCUT2D eigenvalue weighted by Gasteiger charge is 2.31. The van der Waals surface area contributed by atoms with Gasteiger partial charge in [0.2, 0.25) is 0 Å². The molecular weight excluding hydrogens is 1430 g/mol. The molecule has 4 unspecified atom stereocenters. The number of phosphoric ester groups is 2. The molecule has 0 amide bonds. The standard InChI is InChI=1S/C91H178O17P2/c1-7-11-13-15-17-19-21-23-38-45-51-57-63-69-75-90(95)107-86(79-101-88(93)73-67-61-55-49-43-22-20-18-16-14-12-8-2)81-105-109(97,98)103-77-85(92)78-104-110(99,100)106-82-87(108-91(96)76-70-64-58-52-46-40-35-31-27-25-29-33-37-42-48-54-60-66-72-84(6)10-4)80-102-89(94)74-68-62-56-50-44-39-34-30-26-24-28-32-36-41-47-53-59-65-71-83(5)9-3/h83-87,92H,7-82H2,1-6H3,(H,97,98)(H,99,100)/t83?,84?,85-,86+,87+/m0/s1. The van der Waals surface area contributed by atoms with Crippen LogP contribution in [0.3, 0.4) is 0 Å². The average molecular weight is 1610 g/mol. The fourth-order valence-corrected chi connectivity index (χ4v) is 15.8. The molecule has 7 atom stereocenters. The molecule has 0 rings (SSSR count). The maximum atomic E-state index is 13.2. The summed E-state index contributed by atoms with van der Waals surface area (Å²) in [5, 5.41) is 10.7. The second-order valence-corrected chi connectivity index (χ2v) is 36.1. The Balaban J connectivity index is 5.23. The van der Waals surface area contributed by atoms with E-state index in [-0.39, 0.29) is 25.7 Å². The maximum absolute atomic E-state index is 13.2. The first-order chi connectivity index (χ1) is 53.4. The Morgan fingerprint density at radius 3 is 0.645 bits per heavy atom. The van der Waals surface area contributed by atoms with Gasteiger partial charge in [0.1, 0.15) is 19.3 Å². The summed E-state index contributed by atoms with van der Waals surface area (Å²) in [6.45, 7) is 9.84. The van der Waals surface area contributed by atoms with Crippen molar-refractivity contribution in [3.8, 4) is 0 Å². The lowest BCUT2D eigenvalue weighted by Gasteiger charge is -2.21. The van der Waals surface area contributed by atoms with Gasteiger partial charge in [-0.25, -0.2) is 9.13 Å². The molecule has 0 aliphatic heterocycles. The molecule has 0 aliphatic rings. The summed E-state index contributed by atoms with van der Waals surface area (Å²) in [4.78, 5) is 73.4. The number of carbonyl (C=O) groups is 4. The van der Waals surface area contributed by atoms with Crippen molar-refractivity contribution in [2.45, 2.75) is 509 Å². The molecule has 110 heavy (non-hydrogen) atoms. The number of phosphoric acid groups is 2. The van der Waals surface area contributed by atoms with Crippen LogP contribution in [0, 0.1) is 11.8 Å². The molecule has 0 saturated carbocycles. The first kappa shape index (κ1) is 108. The number of aliphatic hydroxyl groups excluding tert-OH is 1. The number of ether oxygens (including phenoxy) is 4. The van der Waals surface area contributed by atoms with Crippen molar-refractivity contribution >= 4 is 39.5 Å². The molecule has 0 bridgehead atoms. The van der Waals surface area contributed by atoms with Crippen LogP contribution in [0.1, 0.15) is 491 Å². The molecule has 0 heterocycles. The predicted octanol–water partition coefficient (Wildman–Crippen LogP) is 28.2. The van der Waals surface area contributed by atoms with E-state index in [0.29, 0.717) is 25.7 Å². The Bertz CT molecular complexity index is 2100.